The van der Waals surface area contributed by atoms with Crippen molar-refractivity contribution < 1.29 is 14.6 Å². The molecular formula is C22H37IN4O3. The van der Waals surface area contributed by atoms with Crippen LogP contribution in [0.1, 0.15) is 26.2 Å². The summed E-state index contributed by atoms with van der Waals surface area (Å²) >= 11 is 0. The topological polar surface area (TPSA) is 78.4 Å². The molecule has 2 aliphatic heterocycles. The van der Waals surface area contributed by atoms with Gasteiger partial charge in [0.2, 0.25) is 0 Å². The summed E-state index contributed by atoms with van der Waals surface area (Å²) in [6.45, 7) is 8.22. The maximum absolute atomic E-state index is 9.41. The molecule has 3 rings (SSSR count). The minimum Gasteiger partial charge on any atom is -0.497 e. The third kappa shape index (κ3) is 6.88. The van der Waals surface area contributed by atoms with E-state index < -0.39 is 0 Å². The predicted molar refractivity (Wildman–Crippen MR) is 132 cm³/mol. The lowest BCUT2D eigenvalue weighted by atomic mass is 9.84. The highest BCUT2D eigenvalue weighted by molar-refractivity contribution is 14.0. The van der Waals surface area contributed by atoms with Crippen molar-refractivity contribution in [1.82, 2.24) is 10.6 Å². The molecule has 30 heavy (non-hydrogen) atoms. The number of rotatable bonds is 9. The Hall–Kier alpha value is -1.26. The number of nitrogens with zero attached hydrogens (tertiary/aromatic N) is 2. The summed E-state index contributed by atoms with van der Waals surface area (Å²) in [5, 5.41) is 16.3. The van der Waals surface area contributed by atoms with Crippen LogP contribution >= 0.6 is 24.0 Å². The largest absolute Gasteiger partial charge is 0.497 e. The Bertz CT molecular complexity index is 668. The fourth-order valence-electron chi connectivity index (χ4n) is 4.16. The zero-order chi connectivity index (χ0) is 20.5. The van der Waals surface area contributed by atoms with E-state index in [9.17, 15) is 5.11 Å². The normalized spacial score (nSPS) is 23.9. The van der Waals surface area contributed by atoms with Gasteiger partial charge >= 0.3 is 0 Å². The van der Waals surface area contributed by atoms with E-state index in [1.807, 2.05) is 12.1 Å². The van der Waals surface area contributed by atoms with Crippen LogP contribution in [0, 0.1) is 11.3 Å². The molecule has 2 aliphatic rings. The smallest absolute Gasteiger partial charge is 0.191 e. The standard InChI is InChI=1S/C22H36N4O3.HI/c1-3-23-21(25-16-22(8-11-27)9-12-29-17-22)24-14-18-7-10-26(15-18)19-5-4-6-20(13-19)28-2;/h4-6,13,18,27H,3,7-12,14-17H2,1-2H3,(H2,23,24,25);1H. The van der Waals surface area contributed by atoms with E-state index in [0.29, 0.717) is 19.1 Å². The number of benzene rings is 1. The second-order valence-corrected chi connectivity index (χ2v) is 8.15. The molecular weight excluding hydrogens is 495 g/mol. The molecule has 7 nitrogen and oxygen atoms in total. The van der Waals surface area contributed by atoms with Gasteiger partial charge in [0.15, 0.2) is 5.96 Å². The SMILES string of the molecule is CCNC(=NCC1(CCO)CCOC1)NCC1CCN(c2cccc(OC)c2)C1.I. The zero-order valence-corrected chi connectivity index (χ0v) is 20.6. The van der Waals surface area contributed by atoms with Gasteiger partial charge in [-0.3, -0.25) is 4.99 Å². The summed E-state index contributed by atoms with van der Waals surface area (Å²) in [6, 6.07) is 8.28. The Kier molecular flexibility index (Phi) is 10.5. The van der Waals surface area contributed by atoms with Crippen LogP contribution in [-0.2, 0) is 4.74 Å². The molecule has 1 aromatic carbocycles. The van der Waals surface area contributed by atoms with Gasteiger partial charge in [-0.1, -0.05) is 6.07 Å². The highest BCUT2D eigenvalue weighted by Gasteiger charge is 2.34. The van der Waals surface area contributed by atoms with Crippen molar-refractivity contribution in [1.29, 1.82) is 0 Å². The fraction of sp³-hybridized carbons (Fsp3) is 0.682. The Labute approximate surface area is 197 Å². The first-order valence-corrected chi connectivity index (χ1v) is 10.8. The molecule has 2 unspecified atom stereocenters. The van der Waals surface area contributed by atoms with Crippen molar-refractivity contribution in [2.24, 2.45) is 16.3 Å². The first-order valence-electron chi connectivity index (χ1n) is 10.8. The van der Waals surface area contributed by atoms with E-state index in [0.717, 1.165) is 63.8 Å². The summed E-state index contributed by atoms with van der Waals surface area (Å²) in [5.74, 6) is 2.33. The third-order valence-corrected chi connectivity index (χ3v) is 6.01. The Morgan fingerprint density at radius 2 is 2.27 bits per heavy atom. The minimum atomic E-state index is -0.0202. The number of methoxy groups -OCH3 is 1. The second-order valence-electron chi connectivity index (χ2n) is 8.15. The van der Waals surface area contributed by atoms with Crippen molar-refractivity contribution in [2.75, 3.05) is 64.6 Å². The maximum atomic E-state index is 9.41. The van der Waals surface area contributed by atoms with Crippen molar-refractivity contribution in [3.05, 3.63) is 24.3 Å². The summed E-state index contributed by atoms with van der Waals surface area (Å²) in [5.41, 5.74) is 1.20. The molecule has 0 bridgehead atoms. The van der Waals surface area contributed by atoms with Crippen LogP contribution in [0.3, 0.4) is 0 Å². The van der Waals surface area contributed by atoms with Gasteiger partial charge in [0.1, 0.15) is 5.75 Å². The van der Waals surface area contributed by atoms with Crippen LogP contribution in [0.25, 0.3) is 0 Å². The van der Waals surface area contributed by atoms with Gasteiger partial charge < -0.3 is 30.1 Å². The lowest BCUT2D eigenvalue weighted by Crippen LogP contribution is -2.41. The van der Waals surface area contributed by atoms with E-state index in [1.165, 1.54) is 5.69 Å². The average molecular weight is 532 g/mol. The highest BCUT2D eigenvalue weighted by atomic mass is 127. The summed E-state index contributed by atoms with van der Waals surface area (Å²) in [7, 11) is 1.71. The van der Waals surface area contributed by atoms with E-state index in [-0.39, 0.29) is 36.0 Å². The van der Waals surface area contributed by atoms with Gasteiger partial charge in [-0.05, 0) is 44.2 Å². The van der Waals surface area contributed by atoms with Gasteiger partial charge in [-0.25, -0.2) is 0 Å². The molecule has 2 heterocycles. The summed E-state index contributed by atoms with van der Waals surface area (Å²) in [4.78, 5) is 7.24. The summed E-state index contributed by atoms with van der Waals surface area (Å²) in [6.07, 6.45) is 2.87. The van der Waals surface area contributed by atoms with Gasteiger partial charge in [-0.2, -0.15) is 0 Å². The van der Waals surface area contributed by atoms with E-state index >= 15 is 0 Å². The molecule has 2 saturated heterocycles. The number of anilines is 1. The van der Waals surface area contributed by atoms with Crippen LogP contribution < -0.4 is 20.3 Å². The molecule has 0 aliphatic carbocycles. The average Bonchev–Trinajstić information content (AvgIpc) is 3.41. The van der Waals surface area contributed by atoms with Crippen LogP contribution in [0.15, 0.2) is 29.3 Å². The number of nitrogens with one attached hydrogen (secondary N) is 2. The lowest BCUT2D eigenvalue weighted by molar-refractivity contribution is 0.131. The molecule has 0 saturated carbocycles. The quantitative estimate of drug-likeness (QED) is 0.258. The number of ether oxygens (including phenoxy) is 2. The summed E-state index contributed by atoms with van der Waals surface area (Å²) < 4.78 is 10.9. The lowest BCUT2D eigenvalue weighted by Gasteiger charge is -2.25. The maximum Gasteiger partial charge on any atom is 0.191 e. The molecule has 2 atom stereocenters. The van der Waals surface area contributed by atoms with Crippen LogP contribution in [0.5, 0.6) is 5.75 Å². The highest BCUT2D eigenvalue weighted by Crippen LogP contribution is 2.32. The molecule has 2 fully saturated rings. The van der Waals surface area contributed by atoms with Crippen molar-refractivity contribution in [3.63, 3.8) is 0 Å². The van der Waals surface area contributed by atoms with E-state index in [4.69, 9.17) is 14.5 Å². The second kappa shape index (κ2) is 12.6. The predicted octanol–water partition coefficient (Wildman–Crippen LogP) is 2.48. The first kappa shape index (κ1) is 25.0. The number of aliphatic hydroxyl groups excluding tert-OH is 1. The molecule has 0 amide bonds. The molecule has 0 spiro atoms. The number of aliphatic imine (C=N–C) groups is 1. The molecule has 8 heteroatoms. The molecule has 170 valence electrons. The van der Waals surface area contributed by atoms with Gasteiger partial charge in [0.25, 0.3) is 0 Å². The monoisotopic (exact) mass is 532 g/mol. The van der Waals surface area contributed by atoms with E-state index in [2.05, 4.69) is 34.6 Å². The molecule has 0 aromatic heterocycles. The van der Waals surface area contributed by atoms with Crippen molar-refractivity contribution in [2.45, 2.75) is 26.2 Å². The number of guanidine groups is 1. The number of hydrogen-bond donors (Lipinski definition) is 3. The number of halogens is 1. The molecule has 1 aromatic rings. The number of hydrogen-bond acceptors (Lipinski definition) is 5. The Morgan fingerprint density at radius 3 is 2.97 bits per heavy atom. The molecule has 3 N–H and O–H groups in total. The first-order chi connectivity index (χ1) is 14.2. The van der Waals surface area contributed by atoms with Crippen molar-refractivity contribution >= 4 is 35.6 Å². The third-order valence-electron chi connectivity index (χ3n) is 6.01. The van der Waals surface area contributed by atoms with Gasteiger partial charge in [0.05, 0.1) is 20.3 Å². The van der Waals surface area contributed by atoms with Crippen LogP contribution in [-0.4, -0.2) is 70.7 Å². The number of aliphatic hydroxyl groups is 1. The Morgan fingerprint density at radius 1 is 1.40 bits per heavy atom. The zero-order valence-electron chi connectivity index (χ0n) is 18.2. The molecule has 0 radical (unpaired) electrons. The van der Waals surface area contributed by atoms with Crippen LogP contribution in [0.2, 0.25) is 0 Å². The Balaban J connectivity index is 0.00000320. The fourth-order valence-corrected chi connectivity index (χ4v) is 4.16. The van der Waals surface area contributed by atoms with Gasteiger partial charge in [0, 0.05) is 56.6 Å². The van der Waals surface area contributed by atoms with E-state index in [1.54, 1.807) is 7.11 Å². The van der Waals surface area contributed by atoms with Crippen molar-refractivity contribution in [3.8, 4) is 5.75 Å². The van der Waals surface area contributed by atoms with Crippen LogP contribution in [0.4, 0.5) is 5.69 Å². The van der Waals surface area contributed by atoms with Gasteiger partial charge in [-0.15, -0.1) is 24.0 Å². The minimum absolute atomic E-state index is 0.